The molecule has 0 spiro atoms. The number of thiophene rings is 1. The first kappa shape index (κ1) is 11.1. The predicted octanol–water partition coefficient (Wildman–Crippen LogP) is 2.37. The maximum absolute atomic E-state index is 3.60. The normalized spacial score (nSPS) is 17.3. The highest BCUT2D eigenvalue weighted by Crippen LogP contribution is 2.17. The third-order valence-electron chi connectivity index (χ3n) is 3.00. The predicted molar refractivity (Wildman–Crippen MR) is 66.3 cm³/mol. The van der Waals surface area contributed by atoms with Gasteiger partial charge in [0.2, 0.25) is 0 Å². The molecule has 1 saturated carbocycles. The lowest BCUT2D eigenvalue weighted by molar-refractivity contribution is 0.509. The van der Waals surface area contributed by atoms with Gasteiger partial charge in [0.05, 0.1) is 0 Å². The molecule has 2 N–H and O–H groups in total. The Bertz CT molecular complexity index is 253. The Hall–Kier alpha value is -0.380. The fourth-order valence-electron chi connectivity index (χ4n) is 2.12. The fourth-order valence-corrected chi connectivity index (χ4v) is 2.79. The van der Waals surface area contributed by atoms with Crippen LogP contribution in [0.1, 0.15) is 31.2 Å². The average Bonchev–Trinajstić information content (AvgIpc) is 2.88. The first-order valence-electron chi connectivity index (χ1n) is 5.90. The molecule has 0 radical (unpaired) electrons. The van der Waals surface area contributed by atoms with E-state index in [2.05, 4.69) is 27.5 Å². The van der Waals surface area contributed by atoms with E-state index >= 15 is 0 Å². The van der Waals surface area contributed by atoms with Gasteiger partial charge in [-0.3, -0.25) is 0 Å². The minimum Gasteiger partial charge on any atom is -0.313 e. The highest BCUT2D eigenvalue weighted by Gasteiger charge is 2.12. The van der Waals surface area contributed by atoms with Crippen molar-refractivity contribution in [3.05, 3.63) is 22.4 Å². The van der Waals surface area contributed by atoms with Crippen LogP contribution in [-0.2, 0) is 6.54 Å². The standard InChI is InChI=1S/C12H20N2S/c1-2-4-12(3-1)14-7-6-13-9-11-5-8-15-10-11/h5,8,10,12-14H,1-4,6-7,9H2. The minimum atomic E-state index is 0.799. The Kier molecular flexibility index (Phi) is 4.64. The van der Waals surface area contributed by atoms with E-state index in [0.29, 0.717) is 0 Å². The summed E-state index contributed by atoms with van der Waals surface area (Å²) >= 11 is 1.77. The van der Waals surface area contributed by atoms with Gasteiger partial charge in [0.1, 0.15) is 0 Å². The zero-order valence-electron chi connectivity index (χ0n) is 9.17. The second-order valence-electron chi connectivity index (χ2n) is 4.24. The summed E-state index contributed by atoms with van der Waals surface area (Å²) in [4.78, 5) is 0. The molecule has 1 aliphatic carbocycles. The van der Waals surface area contributed by atoms with Crippen molar-refractivity contribution in [1.82, 2.24) is 10.6 Å². The molecule has 0 bridgehead atoms. The van der Waals surface area contributed by atoms with Crippen LogP contribution in [0.4, 0.5) is 0 Å². The zero-order valence-corrected chi connectivity index (χ0v) is 9.98. The van der Waals surface area contributed by atoms with E-state index in [1.807, 2.05) is 0 Å². The molecule has 84 valence electrons. The van der Waals surface area contributed by atoms with E-state index in [1.165, 1.54) is 31.2 Å². The molecule has 1 aromatic heterocycles. The molecule has 0 atom stereocenters. The van der Waals surface area contributed by atoms with Gasteiger partial charge in [0.25, 0.3) is 0 Å². The third kappa shape index (κ3) is 3.93. The maximum atomic E-state index is 3.60. The van der Waals surface area contributed by atoms with Crippen LogP contribution in [0, 0.1) is 0 Å². The van der Waals surface area contributed by atoms with E-state index in [0.717, 1.165) is 25.7 Å². The quantitative estimate of drug-likeness (QED) is 0.725. The molecule has 0 aliphatic heterocycles. The Labute approximate surface area is 96.1 Å². The lowest BCUT2D eigenvalue weighted by Gasteiger charge is -2.11. The third-order valence-corrected chi connectivity index (χ3v) is 3.73. The summed E-state index contributed by atoms with van der Waals surface area (Å²) in [7, 11) is 0. The molecular weight excluding hydrogens is 204 g/mol. The Morgan fingerprint density at radius 1 is 1.27 bits per heavy atom. The van der Waals surface area contributed by atoms with Gasteiger partial charge in [-0.15, -0.1) is 0 Å². The van der Waals surface area contributed by atoms with E-state index in [4.69, 9.17) is 0 Å². The first-order chi connectivity index (χ1) is 7.45. The molecule has 2 rings (SSSR count). The van der Waals surface area contributed by atoms with Crippen molar-refractivity contribution in [1.29, 1.82) is 0 Å². The summed E-state index contributed by atoms with van der Waals surface area (Å²) in [5, 5.41) is 11.4. The molecule has 1 fully saturated rings. The molecule has 0 saturated heterocycles. The highest BCUT2D eigenvalue weighted by atomic mass is 32.1. The summed E-state index contributed by atoms with van der Waals surface area (Å²) in [6, 6.07) is 2.98. The highest BCUT2D eigenvalue weighted by molar-refractivity contribution is 7.07. The van der Waals surface area contributed by atoms with Crippen LogP contribution in [-0.4, -0.2) is 19.1 Å². The van der Waals surface area contributed by atoms with Crippen molar-refractivity contribution in [2.24, 2.45) is 0 Å². The smallest absolute Gasteiger partial charge is 0.0214 e. The van der Waals surface area contributed by atoms with Crippen LogP contribution in [0.2, 0.25) is 0 Å². The molecule has 15 heavy (non-hydrogen) atoms. The van der Waals surface area contributed by atoms with Crippen molar-refractivity contribution in [3.8, 4) is 0 Å². The molecule has 0 amide bonds. The molecule has 1 aromatic rings. The molecular formula is C12H20N2S. The van der Waals surface area contributed by atoms with Gasteiger partial charge in [-0.05, 0) is 35.2 Å². The van der Waals surface area contributed by atoms with Gasteiger partial charge < -0.3 is 10.6 Å². The minimum absolute atomic E-state index is 0.799. The van der Waals surface area contributed by atoms with Crippen molar-refractivity contribution >= 4 is 11.3 Å². The number of nitrogens with one attached hydrogen (secondary N) is 2. The number of hydrogen-bond donors (Lipinski definition) is 2. The van der Waals surface area contributed by atoms with Crippen LogP contribution < -0.4 is 10.6 Å². The lowest BCUT2D eigenvalue weighted by atomic mass is 10.2. The van der Waals surface area contributed by atoms with Crippen LogP contribution in [0.15, 0.2) is 16.8 Å². The molecule has 1 heterocycles. The Morgan fingerprint density at radius 2 is 2.13 bits per heavy atom. The fraction of sp³-hybridized carbons (Fsp3) is 0.667. The average molecular weight is 224 g/mol. The van der Waals surface area contributed by atoms with Gasteiger partial charge in [-0.2, -0.15) is 11.3 Å². The van der Waals surface area contributed by atoms with Crippen molar-refractivity contribution in [3.63, 3.8) is 0 Å². The van der Waals surface area contributed by atoms with Crippen LogP contribution in [0.3, 0.4) is 0 Å². The topological polar surface area (TPSA) is 24.1 Å². The van der Waals surface area contributed by atoms with Gasteiger partial charge in [0, 0.05) is 25.7 Å². The molecule has 0 unspecified atom stereocenters. The van der Waals surface area contributed by atoms with Crippen LogP contribution in [0.25, 0.3) is 0 Å². The molecule has 2 nitrogen and oxygen atoms in total. The summed E-state index contributed by atoms with van der Waals surface area (Å²) in [6.45, 7) is 3.19. The summed E-state index contributed by atoms with van der Waals surface area (Å²) in [5.74, 6) is 0. The van der Waals surface area contributed by atoms with Crippen molar-refractivity contribution < 1.29 is 0 Å². The van der Waals surface area contributed by atoms with Gasteiger partial charge in [0.15, 0.2) is 0 Å². The first-order valence-corrected chi connectivity index (χ1v) is 6.84. The van der Waals surface area contributed by atoms with E-state index in [-0.39, 0.29) is 0 Å². The number of hydrogen-bond acceptors (Lipinski definition) is 3. The van der Waals surface area contributed by atoms with E-state index < -0.39 is 0 Å². The van der Waals surface area contributed by atoms with Crippen LogP contribution >= 0.6 is 11.3 Å². The molecule has 0 aromatic carbocycles. The summed E-state index contributed by atoms with van der Waals surface area (Å²) < 4.78 is 0. The van der Waals surface area contributed by atoms with Gasteiger partial charge in [-0.25, -0.2) is 0 Å². The van der Waals surface area contributed by atoms with Crippen molar-refractivity contribution in [2.75, 3.05) is 13.1 Å². The van der Waals surface area contributed by atoms with E-state index in [9.17, 15) is 0 Å². The molecule has 1 aliphatic rings. The van der Waals surface area contributed by atoms with Crippen LogP contribution in [0.5, 0.6) is 0 Å². The summed E-state index contributed by atoms with van der Waals surface area (Å²) in [6.07, 6.45) is 5.59. The summed E-state index contributed by atoms with van der Waals surface area (Å²) in [5.41, 5.74) is 1.40. The Morgan fingerprint density at radius 3 is 2.87 bits per heavy atom. The second-order valence-corrected chi connectivity index (χ2v) is 5.02. The monoisotopic (exact) mass is 224 g/mol. The molecule has 3 heteroatoms. The largest absolute Gasteiger partial charge is 0.313 e. The number of rotatable bonds is 6. The SMILES string of the molecule is c1cc(CNCCNC2CCCC2)cs1. The maximum Gasteiger partial charge on any atom is 0.0214 e. The Balaban J connectivity index is 1.48. The van der Waals surface area contributed by atoms with Gasteiger partial charge in [-0.1, -0.05) is 12.8 Å². The van der Waals surface area contributed by atoms with Gasteiger partial charge >= 0.3 is 0 Å². The van der Waals surface area contributed by atoms with E-state index in [1.54, 1.807) is 11.3 Å². The zero-order chi connectivity index (χ0) is 10.3. The van der Waals surface area contributed by atoms with Crippen molar-refractivity contribution in [2.45, 2.75) is 38.3 Å². The lowest BCUT2D eigenvalue weighted by Crippen LogP contribution is -2.33. The second kappa shape index (κ2) is 6.26.